The van der Waals surface area contributed by atoms with Crippen LogP contribution < -0.4 is 9.64 Å². The van der Waals surface area contributed by atoms with Gasteiger partial charge in [-0.3, -0.25) is 9.69 Å². The number of hydrogen-bond acceptors (Lipinski definition) is 4. The largest absolute Gasteiger partial charge is 0.497 e. The van der Waals surface area contributed by atoms with E-state index in [4.69, 9.17) is 9.47 Å². The first kappa shape index (κ1) is 15.3. The summed E-state index contributed by atoms with van der Waals surface area (Å²) in [5.41, 5.74) is 0.921. The molecule has 1 atom stereocenters. The average Bonchev–Trinajstić information content (AvgIpc) is 2.56. The topological polar surface area (TPSA) is 42.0 Å². The first-order valence-electron chi connectivity index (χ1n) is 8.01. The van der Waals surface area contributed by atoms with Crippen molar-refractivity contribution in [3.05, 3.63) is 24.3 Å². The van der Waals surface area contributed by atoms with E-state index < -0.39 is 0 Å². The van der Waals surface area contributed by atoms with E-state index in [-0.39, 0.29) is 5.91 Å². The summed E-state index contributed by atoms with van der Waals surface area (Å²) in [6, 6.07) is 7.70. The van der Waals surface area contributed by atoms with Gasteiger partial charge in [0.05, 0.1) is 20.3 Å². The van der Waals surface area contributed by atoms with Gasteiger partial charge in [0.2, 0.25) is 5.91 Å². The molecule has 1 aromatic rings. The number of carbonyl (C=O) groups is 1. The van der Waals surface area contributed by atoms with Gasteiger partial charge in [0.15, 0.2) is 0 Å². The molecule has 0 aliphatic carbocycles. The molecule has 120 valence electrons. The Bertz CT molecular complexity index is 514. The predicted octanol–water partition coefficient (Wildman–Crippen LogP) is 1.77. The van der Waals surface area contributed by atoms with Crippen LogP contribution in [0.1, 0.15) is 12.8 Å². The fourth-order valence-corrected chi connectivity index (χ4v) is 3.25. The number of anilines is 1. The first-order valence-corrected chi connectivity index (χ1v) is 8.01. The van der Waals surface area contributed by atoms with Gasteiger partial charge in [-0.15, -0.1) is 0 Å². The normalized spacial score (nSPS) is 23.6. The Balaban J connectivity index is 1.58. The zero-order valence-corrected chi connectivity index (χ0v) is 13.2. The maximum absolute atomic E-state index is 12.5. The number of carbonyl (C=O) groups excluding carboxylic acids is 1. The third-order valence-electron chi connectivity index (χ3n) is 4.44. The van der Waals surface area contributed by atoms with Crippen LogP contribution in [0.4, 0.5) is 5.69 Å². The molecule has 0 radical (unpaired) electrons. The minimum atomic E-state index is 0.163. The van der Waals surface area contributed by atoms with E-state index in [9.17, 15) is 4.79 Å². The lowest BCUT2D eigenvalue weighted by molar-refractivity contribution is -0.121. The van der Waals surface area contributed by atoms with E-state index in [0.717, 1.165) is 50.7 Å². The Labute approximate surface area is 131 Å². The van der Waals surface area contributed by atoms with Crippen LogP contribution in [0.25, 0.3) is 0 Å². The highest BCUT2D eigenvalue weighted by Crippen LogP contribution is 2.23. The number of ether oxygens (including phenoxy) is 2. The summed E-state index contributed by atoms with van der Waals surface area (Å²) < 4.78 is 10.8. The molecule has 0 unspecified atom stereocenters. The number of rotatable bonds is 4. The third kappa shape index (κ3) is 3.59. The first-order chi connectivity index (χ1) is 10.8. The molecule has 1 amide bonds. The Morgan fingerprint density at radius 1 is 1.36 bits per heavy atom. The van der Waals surface area contributed by atoms with E-state index in [1.807, 2.05) is 29.2 Å². The van der Waals surface area contributed by atoms with Crippen LogP contribution in [0.3, 0.4) is 0 Å². The van der Waals surface area contributed by atoms with E-state index in [1.165, 1.54) is 6.42 Å². The quantitative estimate of drug-likeness (QED) is 0.850. The maximum Gasteiger partial charge on any atom is 0.241 e. The molecule has 2 fully saturated rings. The van der Waals surface area contributed by atoms with Crippen molar-refractivity contribution < 1.29 is 14.3 Å². The summed E-state index contributed by atoms with van der Waals surface area (Å²) in [5, 5.41) is 0. The van der Waals surface area contributed by atoms with Gasteiger partial charge in [-0.25, -0.2) is 0 Å². The molecule has 2 heterocycles. The number of hydrogen-bond donors (Lipinski definition) is 0. The number of methoxy groups -OCH3 is 1. The van der Waals surface area contributed by atoms with E-state index >= 15 is 0 Å². The van der Waals surface area contributed by atoms with Crippen molar-refractivity contribution in [3.63, 3.8) is 0 Å². The lowest BCUT2D eigenvalue weighted by Gasteiger charge is -2.36. The minimum absolute atomic E-state index is 0.163. The highest BCUT2D eigenvalue weighted by molar-refractivity contribution is 5.95. The predicted molar refractivity (Wildman–Crippen MR) is 85.3 cm³/mol. The standard InChI is InChI=1S/C17H24N2O3/c1-21-16-6-2-5-15(10-16)19-8-7-18(12-17(19)20)11-14-4-3-9-22-13-14/h2,5-6,10,14H,3-4,7-9,11-13H2,1H3/t14-/m1/s1. The van der Waals surface area contributed by atoms with Gasteiger partial charge in [0.1, 0.15) is 5.75 Å². The second-order valence-electron chi connectivity index (χ2n) is 6.07. The molecule has 2 saturated heterocycles. The maximum atomic E-state index is 12.5. The zero-order chi connectivity index (χ0) is 15.4. The smallest absolute Gasteiger partial charge is 0.241 e. The lowest BCUT2D eigenvalue weighted by atomic mass is 10.0. The number of amides is 1. The van der Waals surface area contributed by atoms with Gasteiger partial charge in [0.25, 0.3) is 0 Å². The fourth-order valence-electron chi connectivity index (χ4n) is 3.25. The summed E-state index contributed by atoms with van der Waals surface area (Å²) in [6.45, 7) is 4.84. The molecule has 0 saturated carbocycles. The summed E-state index contributed by atoms with van der Waals surface area (Å²) >= 11 is 0. The van der Waals surface area contributed by atoms with Gasteiger partial charge >= 0.3 is 0 Å². The molecule has 0 spiro atoms. The highest BCUT2D eigenvalue weighted by Gasteiger charge is 2.27. The van der Waals surface area contributed by atoms with Gasteiger partial charge in [-0.05, 0) is 30.9 Å². The Morgan fingerprint density at radius 2 is 2.27 bits per heavy atom. The monoisotopic (exact) mass is 304 g/mol. The zero-order valence-electron chi connectivity index (χ0n) is 13.2. The van der Waals surface area contributed by atoms with Crippen molar-refractivity contribution in [2.24, 2.45) is 5.92 Å². The van der Waals surface area contributed by atoms with Crippen LogP contribution in [-0.4, -0.2) is 57.3 Å². The van der Waals surface area contributed by atoms with E-state index in [2.05, 4.69) is 4.90 Å². The van der Waals surface area contributed by atoms with Crippen molar-refractivity contribution >= 4 is 11.6 Å². The molecule has 0 bridgehead atoms. The molecular formula is C17H24N2O3. The van der Waals surface area contributed by atoms with E-state index in [0.29, 0.717) is 12.5 Å². The van der Waals surface area contributed by atoms with E-state index in [1.54, 1.807) is 7.11 Å². The second kappa shape index (κ2) is 7.11. The van der Waals surface area contributed by atoms with Gasteiger partial charge in [-0.1, -0.05) is 6.07 Å². The molecule has 5 heteroatoms. The third-order valence-corrected chi connectivity index (χ3v) is 4.44. The summed E-state index contributed by atoms with van der Waals surface area (Å²) in [5.74, 6) is 1.52. The van der Waals surface area contributed by atoms with Crippen molar-refractivity contribution in [2.45, 2.75) is 12.8 Å². The Kier molecular flexibility index (Phi) is 4.95. The van der Waals surface area contributed by atoms with Crippen molar-refractivity contribution in [1.29, 1.82) is 0 Å². The molecule has 22 heavy (non-hydrogen) atoms. The summed E-state index contributed by atoms with van der Waals surface area (Å²) in [6.07, 6.45) is 2.35. The average molecular weight is 304 g/mol. The van der Waals surface area contributed by atoms with Crippen molar-refractivity contribution in [2.75, 3.05) is 51.4 Å². The van der Waals surface area contributed by atoms with Crippen LogP contribution in [0.5, 0.6) is 5.75 Å². The Hall–Kier alpha value is -1.59. The molecule has 5 nitrogen and oxygen atoms in total. The van der Waals surface area contributed by atoms with Crippen LogP contribution in [-0.2, 0) is 9.53 Å². The molecule has 0 aromatic heterocycles. The fraction of sp³-hybridized carbons (Fsp3) is 0.588. The van der Waals surface area contributed by atoms with Crippen LogP contribution >= 0.6 is 0 Å². The highest BCUT2D eigenvalue weighted by atomic mass is 16.5. The molecular weight excluding hydrogens is 280 g/mol. The SMILES string of the molecule is COc1cccc(N2CCN(C[C@H]3CCCOC3)CC2=O)c1. The lowest BCUT2D eigenvalue weighted by Crippen LogP contribution is -2.52. The molecule has 2 aliphatic heterocycles. The number of benzene rings is 1. The summed E-state index contributed by atoms with van der Waals surface area (Å²) in [4.78, 5) is 16.6. The van der Waals surface area contributed by atoms with Crippen molar-refractivity contribution in [3.8, 4) is 5.75 Å². The van der Waals surface area contributed by atoms with Crippen LogP contribution in [0, 0.1) is 5.92 Å². The molecule has 3 rings (SSSR count). The van der Waals surface area contributed by atoms with Crippen molar-refractivity contribution in [1.82, 2.24) is 4.90 Å². The molecule has 2 aliphatic rings. The van der Waals surface area contributed by atoms with Gasteiger partial charge < -0.3 is 14.4 Å². The number of piperazine rings is 1. The Morgan fingerprint density at radius 3 is 3.00 bits per heavy atom. The molecule has 0 N–H and O–H groups in total. The molecule has 1 aromatic carbocycles. The van der Waals surface area contributed by atoms with Crippen LogP contribution in [0.15, 0.2) is 24.3 Å². The van der Waals surface area contributed by atoms with Crippen LogP contribution in [0.2, 0.25) is 0 Å². The second-order valence-corrected chi connectivity index (χ2v) is 6.07. The summed E-state index contributed by atoms with van der Waals surface area (Å²) in [7, 11) is 1.64. The number of nitrogens with zero attached hydrogens (tertiary/aromatic N) is 2. The minimum Gasteiger partial charge on any atom is -0.497 e. The van der Waals surface area contributed by atoms with Gasteiger partial charge in [-0.2, -0.15) is 0 Å². The van der Waals surface area contributed by atoms with Gasteiger partial charge in [0, 0.05) is 38.0 Å².